The van der Waals surface area contributed by atoms with Gasteiger partial charge in [-0.05, 0) is 43.9 Å². The van der Waals surface area contributed by atoms with E-state index in [4.69, 9.17) is 18.9 Å². The number of esters is 3. The van der Waals surface area contributed by atoms with Crippen molar-refractivity contribution in [2.75, 3.05) is 6.61 Å². The zero-order chi connectivity index (χ0) is 31.0. The molecule has 3 fully saturated rings. The van der Waals surface area contributed by atoms with E-state index in [0.717, 1.165) is 5.57 Å². The Bertz CT molecular complexity index is 1350. The van der Waals surface area contributed by atoms with E-state index >= 15 is 0 Å². The zero-order valence-electron chi connectivity index (χ0n) is 25.1. The van der Waals surface area contributed by atoms with E-state index in [1.807, 2.05) is 13.8 Å². The number of fused-ring (bicyclic) bond motifs is 5. The van der Waals surface area contributed by atoms with Crippen LogP contribution in [0.25, 0.3) is 0 Å². The lowest BCUT2D eigenvalue weighted by Gasteiger charge is -2.67. The number of Topliss-reactive ketones (excluding diaryl/α,β-unsaturated/α-hetero) is 1. The van der Waals surface area contributed by atoms with E-state index in [9.17, 15) is 29.4 Å². The number of aliphatic hydroxyl groups is 2. The number of benzene rings is 1. The predicted molar refractivity (Wildman–Crippen MR) is 148 cm³/mol. The molecule has 0 spiro atoms. The quantitative estimate of drug-likeness (QED) is 0.308. The van der Waals surface area contributed by atoms with Gasteiger partial charge in [0.1, 0.15) is 17.8 Å². The fourth-order valence-corrected chi connectivity index (χ4v) is 8.16. The smallest absolute Gasteiger partial charge is 0.338 e. The molecule has 0 amide bonds. The van der Waals surface area contributed by atoms with Gasteiger partial charge in [0.05, 0.1) is 29.6 Å². The van der Waals surface area contributed by atoms with Gasteiger partial charge in [-0.25, -0.2) is 4.79 Å². The molecule has 1 aromatic rings. The van der Waals surface area contributed by atoms with Gasteiger partial charge in [-0.15, -0.1) is 0 Å². The monoisotopic (exact) mass is 584 g/mol. The maximum absolute atomic E-state index is 14.9. The van der Waals surface area contributed by atoms with Crippen molar-refractivity contribution in [3.63, 3.8) is 0 Å². The first-order chi connectivity index (χ1) is 19.5. The summed E-state index contributed by atoms with van der Waals surface area (Å²) in [5.74, 6) is -4.29. The Morgan fingerprint density at radius 2 is 1.67 bits per heavy atom. The molecule has 1 aliphatic heterocycles. The summed E-state index contributed by atoms with van der Waals surface area (Å²) in [6, 6.07) is 8.26. The van der Waals surface area contributed by atoms with E-state index in [-0.39, 0.29) is 30.9 Å². The number of ketones is 1. The summed E-state index contributed by atoms with van der Waals surface area (Å²) in [6.07, 6.45) is -5.02. The molecule has 2 bridgehead atoms. The molecule has 2 saturated carbocycles. The molecule has 0 aromatic heterocycles. The van der Waals surface area contributed by atoms with Gasteiger partial charge in [-0.3, -0.25) is 14.4 Å². The van der Waals surface area contributed by atoms with Crippen LogP contribution in [0.4, 0.5) is 0 Å². The van der Waals surface area contributed by atoms with Crippen molar-refractivity contribution in [1.29, 1.82) is 0 Å². The van der Waals surface area contributed by atoms with Crippen LogP contribution in [-0.4, -0.2) is 76.1 Å². The standard InChI is InChI=1S/C32H40O10/c1-16-14-32(38)27(41-28(37)20-11-9-8-10-12-20)25-30(7,21(35)13-22-31(25,15-39-22)42-19(4)34)26(36)24(40-18(3)33)23(17(16)2)29(32,5)6/h8-12,16,21-22,24-25,27,35,38H,13-15H2,1-7H3. The summed E-state index contributed by atoms with van der Waals surface area (Å²) in [4.78, 5) is 53.7. The molecule has 0 radical (unpaired) electrons. The fraction of sp³-hybridized carbons (Fsp3) is 0.625. The Balaban J connectivity index is 1.84. The summed E-state index contributed by atoms with van der Waals surface area (Å²) in [5.41, 5.74) is -5.05. The molecule has 10 nitrogen and oxygen atoms in total. The molecule has 5 rings (SSSR count). The maximum Gasteiger partial charge on any atom is 0.338 e. The molecule has 1 saturated heterocycles. The van der Waals surface area contributed by atoms with Crippen LogP contribution in [0, 0.1) is 22.7 Å². The zero-order valence-corrected chi connectivity index (χ0v) is 25.1. The lowest BCUT2D eigenvalue weighted by Crippen LogP contribution is -2.81. The number of hydrogen-bond acceptors (Lipinski definition) is 10. The van der Waals surface area contributed by atoms with E-state index in [2.05, 4.69) is 0 Å². The summed E-state index contributed by atoms with van der Waals surface area (Å²) < 4.78 is 23.8. The largest absolute Gasteiger partial charge is 0.455 e. The van der Waals surface area contributed by atoms with Crippen LogP contribution in [0.3, 0.4) is 0 Å². The topological polar surface area (TPSA) is 146 Å². The molecule has 9 unspecified atom stereocenters. The van der Waals surface area contributed by atoms with Gasteiger partial charge in [0, 0.05) is 25.7 Å². The molecular formula is C32H40O10. The molecule has 3 aliphatic carbocycles. The van der Waals surface area contributed by atoms with Gasteiger partial charge >= 0.3 is 17.9 Å². The van der Waals surface area contributed by atoms with Crippen molar-refractivity contribution in [3.8, 4) is 0 Å². The second-order valence-corrected chi connectivity index (χ2v) is 13.2. The van der Waals surface area contributed by atoms with Crippen molar-refractivity contribution < 1.29 is 48.3 Å². The maximum atomic E-state index is 14.9. The minimum atomic E-state index is -1.86. The van der Waals surface area contributed by atoms with Gasteiger partial charge < -0.3 is 29.2 Å². The third kappa shape index (κ3) is 4.09. The summed E-state index contributed by atoms with van der Waals surface area (Å²) in [5, 5.41) is 24.7. The molecule has 1 heterocycles. The molecule has 228 valence electrons. The van der Waals surface area contributed by atoms with E-state index in [1.54, 1.807) is 44.2 Å². The predicted octanol–water partition coefficient (Wildman–Crippen LogP) is 2.93. The first-order valence-electron chi connectivity index (χ1n) is 14.4. The molecule has 42 heavy (non-hydrogen) atoms. The molecule has 2 N–H and O–H groups in total. The van der Waals surface area contributed by atoms with Crippen molar-refractivity contribution in [3.05, 3.63) is 47.0 Å². The number of hydrogen-bond donors (Lipinski definition) is 2. The highest BCUT2D eigenvalue weighted by atomic mass is 16.6. The average Bonchev–Trinajstić information content (AvgIpc) is 2.90. The summed E-state index contributed by atoms with van der Waals surface area (Å²) in [6.45, 7) is 11.0. The van der Waals surface area contributed by atoms with Crippen molar-refractivity contribution in [2.45, 2.75) is 96.9 Å². The first kappa shape index (κ1) is 30.4. The second kappa shape index (κ2) is 9.99. The molecule has 10 heteroatoms. The number of carbonyl (C=O) groups is 4. The normalized spacial score (nSPS) is 40.4. The molecule has 4 aliphatic rings. The van der Waals surface area contributed by atoms with Gasteiger partial charge in [-0.2, -0.15) is 0 Å². The molecule has 9 atom stereocenters. The van der Waals surface area contributed by atoms with Crippen molar-refractivity contribution in [1.82, 2.24) is 0 Å². The van der Waals surface area contributed by atoms with Crippen LogP contribution in [0.5, 0.6) is 0 Å². The van der Waals surface area contributed by atoms with Crippen LogP contribution >= 0.6 is 0 Å². The number of ether oxygens (including phenoxy) is 4. The fourth-order valence-electron chi connectivity index (χ4n) is 8.16. The SMILES string of the molecule is CC(=O)OC1C(=O)C2(C)C(O)CC3OCC3(OC(C)=O)C2C(OC(=O)c2ccccc2)C2(O)CC(C)C(C)=C1C2(C)C. The van der Waals surface area contributed by atoms with Crippen LogP contribution in [0.1, 0.15) is 71.7 Å². The number of allylic oxidation sites excluding steroid dienone is 1. The number of rotatable bonds is 4. The van der Waals surface area contributed by atoms with Crippen LogP contribution in [-0.2, 0) is 33.3 Å². The van der Waals surface area contributed by atoms with Gasteiger partial charge in [0.15, 0.2) is 17.5 Å². The highest BCUT2D eigenvalue weighted by Gasteiger charge is 2.78. The number of aliphatic hydroxyl groups excluding tert-OH is 1. The third-order valence-corrected chi connectivity index (χ3v) is 10.6. The molecular weight excluding hydrogens is 544 g/mol. The summed E-state index contributed by atoms with van der Waals surface area (Å²) in [7, 11) is 0. The molecule has 1 aromatic carbocycles. The highest BCUT2D eigenvalue weighted by Crippen LogP contribution is 2.64. The van der Waals surface area contributed by atoms with Gasteiger partial charge in [0.25, 0.3) is 0 Å². The Morgan fingerprint density at radius 1 is 1.02 bits per heavy atom. The van der Waals surface area contributed by atoms with E-state index in [1.165, 1.54) is 20.8 Å². The lowest BCUT2D eigenvalue weighted by atomic mass is 9.44. The Morgan fingerprint density at radius 3 is 2.21 bits per heavy atom. The Labute approximate surface area is 245 Å². The Kier molecular flexibility index (Phi) is 7.23. The minimum absolute atomic E-state index is 0.0611. The van der Waals surface area contributed by atoms with Crippen molar-refractivity contribution >= 4 is 23.7 Å². The van der Waals surface area contributed by atoms with Crippen LogP contribution in [0.15, 0.2) is 41.5 Å². The minimum Gasteiger partial charge on any atom is -0.455 e. The van der Waals surface area contributed by atoms with Crippen molar-refractivity contribution in [2.24, 2.45) is 22.7 Å². The second-order valence-electron chi connectivity index (χ2n) is 13.2. The highest BCUT2D eigenvalue weighted by molar-refractivity contribution is 5.95. The first-order valence-corrected chi connectivity index (χ1v) is 14.4. The van der Waals surface area contributed by atoms with E-state index in [0.29, 0.717) is 5.57 Å². The van der Waals surface area contributed by atoms with Gasteiger partial charge in [-0.1, -0.05) is 44.5 Å². The third-order valence-electron chi connectivity index (χ3n) is 10.6. The lowest BCUT2D eigenvalue weighted by molar-refractivity contribution is -0.345. The summed E-state index contributed by atoms with van der Waals surface area (Å²) >= 11 is 0. The van der Waals surface area contributed by atoms with Crippen LogP contribution in [0.2, 0.25) is 0 Å². The van der Waals surface area contributed by atoms with E-state index < -0.39 is 76.1 Å². The number of carbonyl (C=O) groups excluding carboxylic acids is 4. The average molecular weight is 585 g/mol. The van der Waals surface area contributed by atoms with Gasteiger partial charge in [0.2, 0.25) is 0 Å². The van der Waals surface area contributed by atoms with Crippen LogP contribution < -0.4 is 0 Å². The Hall–Kier alpha value is -3.08.